The fourth-order valence-corrected chi connectivity index (χ4v) is 2.87. The Morgan fingerprint density at radius 1 is 0.917 bits per heavy atom. The van der Waals surface area contributed by atoms with Crippen molar-refractivity contribution in [3.63, 3.8) is 0 Å². The van der Waals surface area contributed by atoms with Crippen molar-refractivity contribution in [2.75, 3.05) is 0 Å². The van der Waals surface area contributed by atoms with Crippen molar-refractivity contribution >= 4 is 11.6 Å². The van der Waals surface area contributed by atoms with Crippen LogP contribution in [0.2, 0.25) is 0 Å². The highest BCUT2D eigenvalue weighted by atomic mass is 16.1. The van der Waals surface area contributed by atoms with Gasteiger partial charge in [0.05, 0.1) is 0 Å². The first-order valence-electron chi connectivity index (χ1n) is 8.79. The molecule has 0 aliphatic carbocycles. The number of carbonyl (C=O) groups excluding carboxylic acids is 2. The van der Waals surface area contributed by atoms with E-state index in [1.54, 1.807) is 0 Å². The molecule has 126 valence electrons. The normalized spacial score (nSPS) is 11.9. The summed E-state index contributed by atoms with van der Waals surface area (Å²) in [5, 5.41) is 0. The highest BCUT2D eigenvalue weighted by Gasteiger charge is 2.23. The molecule has 0 aromatic heterocycles. The quantitative estimate of drug-likeness (QED) is 0.451. The molecule has 0 spiro atoms. The molecule has 0 aliphatic heterocycles. The van der Waals surface area contributed by atoms with Gasteiger partial charge in [0.25, 0.3) is 0 Å². The van der Waals surface area contributed by atoms with E-state index in [0.717, 1.165) is 30.4 Å². The summed E-state index contributed by atoms with van der Waals surface area (Å²) < 4.78 is 0. The lowest BCUT2D eigenvalue weighted by molar-refractivity contribution is -0.120. The summed E-state index contributed by atoms with van der Waals surface area (Å²) in [5.74, 6) is -0.128. The summed E-state index contributed by atoms with van der Waals surface area (Å²) in [5.41, 5.74) is 2.78. The van der Waals surface area contributed by atoms with Crippen LogP contribution in [0.1, 0.15) is 66.4 Å². The minimum atomic E-state index is -0.338. The van der Waals surface area contributed by atoms with Gasteiger partial charge in [-0.05, 0) is 18.9 Å². The van der Waals surface area contributed by atoms with Crippen LogP contribution in [0.25, 0.3) is 0 Å². The SMILES string of the molecule is CCCCCC(=O)C(CC(=O)c1ccccc1)c1ccc(C)cc1. The third-order valence-electron chi connectivity index (χ3n) is 4.38. The number of ketones is 2. The number of Topliss-reactive ketones (excluding diaryl/α,β-unsaturated/α-hetero) is 2. The first-order chi connectivity index (χ1) is 11.6. The van der Waals surface area contributed by atoms with Crippen LogP contribution in [-0.4, -0.2) is 11.6 Å². The molecule has 0 aliphatic rings. The second-order valence-electron chi connectivity index (χ2n) is 6.38. The maximum atomic E-state index is 12.7. The van der Waals surface area contributed by atoms with Crippen LogP contribution in [0, 0.1) is 6.92 Å². The molecule has 0 heterocycles. The number of rotatable bonds is 9. The molecular formula is C22H26O2. The van der Waals surface area contributed by atoms with Crippen LogP contribution in [0.15, 0.2) is 54.6 Å². The van der Waals surface area contributed by atoms with Gasteiger partial charge < -0.3 is 0 Å². The highest BCUT2D eigenvalue weighted by Crippen LogP contribution is 2.25. The summed E-state index contributed by atoms with van der Waals surface area (Å²) in [6.07, 6.45) is 3.84. The maximum absolute atomic E-state index is 12.7. The van der Waals surface area contributed by atoms with Gasteiger partial charge in [-0.1, -0.05) is 79.9 Å². The molecule has 0 radical (unpaired) electrons. The Morgan fingerprint density at radius 3 is 2.21 bits per heavy atom. The zero-order chi connectivity index (χ0) is 17.4. The molecule has 2 aromatic carbocycles. The molecule has 0 N–H and O–H groups in total. The van der Waals surface area contributed by atoms with E-state index in [1.807, 2.05) is 61.5 Å². The smallest absolute Gasteiger partial charge is 0.163 e. The Morgan fingerprint density at radius 2 is 1.58 bits per heavy atom. The fraction of sp³-hybridized carbons (Fsp3) is 0.364. The molecule has 2 aromatic rings. The van der Waals surface area contributed by atoms with Crippen LogP contribution in [0.3, 0.4) is 0 Å². The van der Waals surface area contributed by atoms with Gasteiger partial charge in [-0.15, -0.1) is 0 Å². The largest absolute Gasteiger partial charge is 0.299 e. The van der Waals surface area contributed by atoms with Crippen molar-refractivity contribution in [3.8, 4) is 0 Å². The highest BCUT2D eigenvalue weighted by molar-refractivity contribution is 6.00. The summed E-state index contributed by atoms with van der Waals surface area (Å²) in [7, 11) is 0. The topological polar surface area (TPSA) is 34.1 Å². The van der Waals surface area contributed by atoms with Gasteiger partial charge >= 0.3 is 0 Å². The van der Waals surface area contributed by atoms with Crippen LogP contribution in [0.5, 0.6) is 0 Å². The molecule has 2 heteroatoms. The molecule has 24 heavy (non-hydrogen) atoms. The molecule has 0 fully saturated rings. The standard InChI is InChI=1S/C22H26O2/c1-3-4-6-11-21(23)20(18-14-12-17(2)13-15-18)16-22(24)19-9-7-5-8-10-19/h5,7-10,12-15,20H,3-4,6,11,16H2,1-2H3. The first-order valence-corrected chi connectivity index (χ1v) is 8.79. The van der Waals surface area contributed by atoms with E-state index in [-0.39, 0.29) is 23.9 Å². The summed E-state index contributed by atoms with van der Waals surface area (Å²) in [6.45, 7) is 4.15. The lowest BCUT2D eigenvalue weighted by atomic mass is 9.86. The van der Waals surface area contributed by atoms with Crippen LogP contribution in [-0.2, 0) is 4.79 Å². The Labute approximate surface area is 144 Å². The van der Waals surface area contributed by atoms with Crippen LogP contribution < -0.4 is 0 Å². The summed E-state index contributed by atoms with van der Waals surface area (Å²) in [6, 6.07) is 17.2. The minimum absolute atomic E-state index is 0.0324. The molecule has 1 unspecified atom stereocenters. The maximum Gasteiger partial charge on any atom is 0.163 e. The fourth-order valence-electron chi connectivity index (χ4n) is 2.87. The van der Waals surface area contributed by atoms with Gasteiger partial charge in [0.15, 0.2) is 5.78 Å². The average molecular weight is 322 g/mol. The lowest BCUT2D eigenvalue weighted by Crippen LogP contribution is -2.17. The van der Waals surface area contributed by atoms with E-state index in [2.05, 4.69) is 6.92 Å². The second kappa shape index (κ2) is 9.17. The number of benzene rings is 2. The number of hydrogen-bond acceptors (Lipinski definition) is 2. The van der Waals surface area contributed by atoms with E-state index in [0.29, 0.717) is 12.0 Å². The van der Waals surface area contributed by atoms with E-state index >= 15 is 0 Å². The van der Waals surface area contributed by atoms with Gasteiger partial charge in [-0.25, -0.2) is 0 Å². The van der Waals surface area contributed by atoms with Crippen molar-refractivity contribution in [1.29, 1.82) is 0 Å². The lowest BCUT2D eigenvalue weighted by Gasteiger charge is -2.16. The van der Waals surface area contributed by atoms with E-state index < -0.39 is 0 Å². The van der Waals surface area contributed by atoms with E-state index in [9.17, 15) is 9.59 Å². The Kier molecular flexibility index (Phi) is 6.92. The van der Waals surface area contributed by atoms with Crippen LogP contribution >= 0.6 is 0 Å². The summed E-state index contributed by atoms with van der Waals surface area (Å²) >= 11 is 0. The minimum Gasteiger partial charge on any atom is -0.299 e. The molecule has 0 saturated heterocycles. The number of unbranched alkanes of at least 4 members (excludes halogenated alkanes) is 2. The number of carbonyl (C=O) groups is 2. The van der Waals surface area contributed by atoms with Crippen molar-refractivity contribution in [3.05, 3.63) is 71.3 Å². The molecule has 2 rings (SSSR count). The van der Waals surface area contributed by atoms with Gasteiger partial charge in [0.1, 0.15) is 5.78 Å². The van der Waals surface area contributed by atoms with Gasteiger partial charge in [-0.3, -0.25) is 9.59 Å². The second-order valence-corrected chi connectivity index (χ2v) is 6.38. The Hall–Kier alpha value is -2.22. The van der Waals surface area contributed by atoms with Gasteiger partial charge in [-0.2, -0.15) is 0 Å². The zero-order valence-electron chi connectivity index (χ0n) is 14.6. The summed E-state index contributed by atoms with van der Waals surface area (Å²) in [4.78, 5) is 25.3. The predicted octanol–water partition coefficient (Wildman–Crippen LogP) is 5.50. The van der Waals surface area contributed by atoms with E-state index in [1.165, 1.54) is 0 Å². The average Bonchev–Trinajstić information content (AvgIpc) is 2.61. The monoisotopic (exact) mass is 322 g/mol. The Bertz CT molecular complexity index is 656. The molecule has 0 bridgehead atoms. The molecule has 0 amide bonds. The van der Waals surface area contributed by atoms with Crippen LogP contribution in [0.4, 0.5) is 0 Å². The third-order valence-corrected chi connectivity index (χ3v) is 4.38. The molecule has 0 saturated carbocycles. The molecule has 1 atom stereocenters. The first kappa shape index (κ1) is 18.1. The number of hydrogen-bond donors (Lipinski definition) is 0. The van der Waals surface area contributed by atoms with E-state index in [4.69, 9.17) is 0 Å². The molecular weight excluding hydrogens is 296 g/mol. The Balaban J connectivity index is 2.17. The number of aryl methyl sites for hydroxylation is 1. The van der Waals surface area contributed by atoms with Gasteiger partial charge in [0, 0.05) is 24.3 Å². The third kappa shape index (κ3) is 5.16. The molecule has 2 nitrogen and oxygen atoms in total. The van der Waals surface area contributed by atoms with Crippen molar-refractivity contribution in [2.45, 2.75) is 51.9 Å². The van der Waals surface area contributed by atoms with Crippen molar-refractivity contribution < 1.29 is 9.59 Å². The van der Waals surface area contributed by atoms with Gasteiger partial charge in [0.2, 0.25) is 0 Å². The predicted molar refractivity (Wildman–Crippen MR) is 98.5 cm³/mol. The zero-order valence-corrected chi connectivity index (χ0v) is 14.6. The van der Waals surface area contributed by atoms with Crippen molar-refractivity contribution in [1.82, 2.24) is 0 Å². The van der Waals surface area contributed by atoms with Crippen molar-refractivity contribution in [2.24, 2.45) is 0 Å².